The lowest BCUT2D eigenvalue weighted by molar-refractivity contribution is -0.151. The van der Waals surface area contributed by atoms with Crippen molar-refractivity contribution < 1.29 is 19.1 Å². The highest BCUT2D eigenvalue weighted by Gasteiger charge is 2.33. The first-order chi connectivity index (χ1) is 16.5. The van der Waals surface area contributed by atoms with E-state index in [4.69, 9.17) is 14.8 Å². The first-order valence-electron chi connectivity index (χ1n) is 12.6. The van der Waals surface area contributed by atoms with E-state index >= 15 is 0 Å². The lowest BCUT2D eigenvalue weighted by Crippen LogP contribution is -2.47. The van der Waals surface area contributed by atoms with Crippen molar-refractivity contribution in [3.05, 3.63) is 23.0 Å². The zero-order chi connectivity index (χ0) is 25.5. The average Bonchev–Trinajstić information content (AvgIpc) is 3.60. The largest absolute Gasteiger partial charge is 0.466 e. The van der Waals surface area contributed by atoms with Gasteiger partial charge in [0.05, 0.1) is 41.3 Å². The number of hydrogen-bond donors (Lipinski definition) is 0. The summed E-state index contributed by atoms with van der Waals surface area (Å²) in [6, 6.07) is 1.89. The zero-order valence-corrected chi connectivity index (χ0v) is 21.8. The maximum atomic E-state index is 13.7. The van der Waals surface area contributed by atoms with Crippen molar-refractivity contribution >= 4 is 28.8 Å². The fourth-order valence-electron chi connectivity index (χ4n) is 4.77. The van der Waals surface area contributed by atoms with E-state index in [0.717, 1.165) is 41.7 Å². The maximum Gasteiger partial charge on any atom is 0.310 e. The monoisotopic (exact) mass is 483 g/mol. The second kappa shape index (κ2) is 9.59. The second-order valence-corrected chi connectivity index (χ2v) is 10.8. The summed E-state index contributed by atoms with van der Waals surface area (Å²) >= 11 is 0. The number of piperidine rings is 1. The Hall–Kier alpha value is -2.97. The summed E-state index contributed by atoms with van der Waals surface area (Å²) in [5.41, 5.74) is 2.65. The van der Waals surface area contributed by atoms with Crippen LogP contribution in [-0.2, 0) is 19.9 Å². The minimum Gasteiger partial charge on any atom is -0.466 e. The summed E-state index contributed by atoms with van der Waals surface area (Å²) in [6.45, 7) is 11.1. The molecule has 9 nitrogen and oxygen atoms in total. The zero-order valence-electron chi connectivity index (χ0n) is 21.8. The minimum absolute atomic E-state index is 0.0522. The van der Waals surface area contributed by atoms with Crippen LogP contribution in [-0.4, -0.2) is 75.6 Å². The van der Waals surface area contributed by atoms with Gasteiger partial charge in [-0.3, -0.25) is 14.4 Å². The normalized spacial score (nSPS) is 18.6. The van der Waals surface area contributed by atoms with Gasteiger partial charge in [0.1, 0.15) is 0 Å². The molecule has 35 heavy (non-hydrogen) atoms. The number of aromatic nitrogens is 3. The van der Waals surface area contributed by atoms with Crippen molar-refractivity contribution in [2.75, 3.05) is 33.3 Å². The lowest BCUT2D eigenvalue weighted by Gasteiger charge is -2.32. The number of rotatable bonds is 6. The van der Waals surface area contributed by atoms with E-state index in [1.807, 2.05) is 17.7 Å². The summed E-state index contributed by atoms with van der Waals surface area (Å²) in [5.74, 6) is -0.574. The number of amides is 2. The summed E-state index contributed by atoms with van der Waals surface area (Å²) in [6.07, 6.45) is 3.60. The van der Waals surface area contributed by atoms with Gasteiger partial charge >= 0.3 is 5.97 Å². The van der Waals surface area contributed by atoms with Crippen LogP contribution >= 0.6 is 0 Å². The third-order valence-corrected chi connectivity index (χ3v) is 6.81. The number of pyridine rings is 1. The van der Waals surface area contributed by atoms with Gasteiger partial charge in [0.25, 0.3) is 5.91 Å². The van der Waals surface area contributed by atoms with Crippen molar-refractivity contribution in [3.8, 4) is 0 Å². The van der Waals surface area contributed by atoms with Crippen LogP contribution in [0.2, 0.25) is 0 Å². The molecule has 1 aliphatic heterocycles. The smallest absolute Gasteiger partial charge is 0.310 e. The average molecular weight is 484 g/mol. The van der Waals surface area contributed by atoms with Gasteiger partial charge in [-0.25, -0.2) is 9.67 Å². The molecule has 190 valence electrons. The van der Waals surface area contributed by atoms with E-state index in [9.17, 15) is 14.4 Å². The molecule has 1 atom stereocenters. The fraction of sp³-hybridized carbons (Fsp3) is 0.654. The van der Waals surface area contributed by atoms with E-state index in [1.54, 1.807) is 18.9 Å². The predicted molar refractivity (Wildman–Crippen MR) is 132 cm³/mol. The summed E-state index contributed by atoms with van der Waals surface area (Å²) in [5, 5.41) is 5.47. The Morgan fingerprint density at radius 1 is 1.20 bits per heavy atom. The highest BCUT2D eigenvalue weighted by atomic mass is 16.5. The molecule has 0 aromatic carbocycles. The fourth-order valence-corrected chi connectivity index (χ4v) is 4.77. The molecule has 4 rings (SSSR count). The van der Waals surface area contributed by atoms with Crippen LogP contribution in [0.4, 0.5) is 0 Å². The molecule has 0 spiro atoms. The van der Waals surface area contributed by atoms with E-state index in [2.05, 4.69) is 20.8 Å². The second-order valence-electron chi connectivity index (χ2n) is 10.8. The molecule has 3 heterocycles. The molecule has 2 aromatic rings. The predicted octanol–water partition coefficient (Wildman–Crippen LogP) is 3.25. The van der Waals surface area contributed by atoms with Gasteiger partial charge in [-0.1, -0.05) is 0 Å². The first-order valence-corrected chi connectivity index (χ1v) is 12.6. The third kappa shape index (κ3) is 5.18. The van der Waals surface area contributed by atoms with Gasteiger partial charge in [0.2, 0.25) is 5.91 Å². The number of carbonyl (C=O) groups is 3. The number of hydrogen-bond acceptors (Lipinski definition) is 6. The maximum absolute atomic E-state index is 13.7. The standard InChI is InChI=1S/C26H37N5O4/c1-7-35-25(34)18-9-8-12-30(14-18)21(32)15-29(6)24(33)19-13-20(17-10-11-17)27-23-22(19)16(2)28-31(23)26(3,4)5/h13,17-18H,7-12,14-15H2,1-6H3. The van der Waals surface area contributed by atoms with E-state index in [0.29, 0.717) is 37.6 Å². The van der Waals surface area contributed by atoms with Crippen LogP contribution in [0.1, 0.15) is 81.0 Å². The highest BCUT2D eigenvalue weighted by molar-refractivity contribution is 6.07. The Morgan fingerprint density at radius 3 is 2.54 bits per heavy atom. The molecular weight excluding hydrogens is 446 g/mol. The summed E-state index contributed by atoms with van der Waals surface area (Å²) in [4.78, 5) is 46.9. The number of carbonyl (C=O) groups excluding carboxylic acids is 3. The van der Waals surface area contributed by atoms with Crippen LogP contribution in [0.25, 0.3) is 11.0 Å². The molecule has 0 N–H and O–H groups in total. The number of ether oxygens (including phenoxy) is 1. The van der Waals surface area contributed by atoms with Crippen molar-refractivity contribution in [1.82, 2.24) is 24.6 Å². The van der Waals surface area contributed by atoms with Crippen LogP contribution in [0, 0.1) is 12.8 Å². The van der Waals surface area contributed by atoms with Crippen LogP contribution < -0.4 is 0 Å². The molecule has 2 fully saturated rings. The molecule has 2 aromatic heterocycles. The topological polar surface area (TPSA) is 97.6 Å². The number of nitrogens with zero attached hydrogens (tertiary/aromatic N) is 5. The Balaban J connectivity index is 1.57. The molecular formula is C26H37N5O4. The van der Waals surface area contributed by atoms with Crippen LogP contribution in [0.15, 0.2) is 6.07 Å². The quantitative estimate of drug-likeness (QED) is 0.585. The molecule has 1 unspecified atom stereocenters. The van der Waals surface area contributed by atoms with Crippen molar-refractivity contribution in [2.24, 2.45) is 5.92 Å². The Kier molecular flexibility index (Phi) is 6.88. The number of likely N-dealkylation sites (tertiary alicyclic amines) is 1. The molecule has 2 aliphatic rings. The van der Waals surface area contributed by atoms with Gasteiger partial charge in [0, 0.05) is 31.7 Å². The van der Waals surface area contributed by atoms with Crippen LogP contribution in [0.5, 0.6) is 0 Å². The van der Waals surface area contributed by atoms with Crippen molar-refractivity contribution in [1.29, 1.82) is 0 Å². The third-order valence-electron chi connectivity index (χ3n) is 6.81. The molecule has 1 aliphatic carbocycles. The van der Waals surface area contributed by atoms with Gasteiger partial charge in [0.15, 0.2) is 5.65 Å². The van der Waals surface area contributed by atoms with E-state index in [1.165, 1.54) is 4.90 Å². The molecule has 9 heteroatoms. The highest BCUT2D eigenvalue weighted by Crippen LogP contribution is 2.41. The molecule has 0 bridgehead atoms. The van der Waals surface area contributed by atoms with Gasteiger partial charge < -0.3 is 14.5 Å². The SMILES string of the molecule is CCOC(=O)C1CCCN(C(=O)CN(C)C(=O)c2cc(C3CC3)nc3c2c(C)nn3C(C)(C)C)C1. The molecule has 0 radical (unpaired) electrons. The minimum atomic E-state index is -0.305. The summed E-state index contributed by atoms with van der Waals surface area (Å²) < 4.78 is 7.04. The number of aryl methyl sites for hydroxylation is 1. The first kappa shape index (κ1) is 25.1. The van der Waals surface area contributed by atoms with Gasteiger partial charge in [-0.2, -0.15) is 5.10 Å². The van der Waals surface area contributed by atoms with Gasteiger partial charge in [-0.05, 0) is 66.4 Å². The Bertz CT molecular complexity index is 1140. The molecule has 2 amide bonds. The molecule has 1 saturated carbocycles. The lowest BCUT2D eigenvalue weighted by atomic mass is 9.98. The Labute approximate surface area is 206 Å². The van der Waals surface area contributed by atoms with E-state index in [-0.39, 0.29) is 35.8 Å². The number of fused-ring (bicyclic) bond motifs is 1. The molecule has 1 saturated heterocycles. The number of esters is 1. The van der Waals surface area contributed by atoms with Crippen molar-refractivity contribution in [3.63, 3.8) is 0 Å². The van der Waals surface area contributed by atoms with E-state index < -0.39 is 0 Å². The van der Waals surface area contributed by atoms with Gasteiger partial charge in [-0.15, -0.1) is 0 Å². The Morgan fingerprint density at radius 2 is 1.91 bits per heavy atom. The number of likely N-dealkylation sites (N-methyl/N-ethyl adjacent to an activating group) is 1. The van der Waals surface area contributed by atoms with Crippen LogP contribution in [0.3, 0.4) is 0 Å². The van der Waals surface area contributed by atoms with Crippen molar-refractivity contribution in [2.45, 2.75) is 71.8 Å². The summed E-state index contributed by atoms with van der Waals surface area (Å²) in [7, 11) is 1.65.